The van der Waals surface area contributed by atoms with Gasteiger partial charge in [-0.1, -0.05) is 0 Å². The van der Waals surface area contributed by atoms with Gasteiger partial charge in [0, 0.05) is 13.1 Å². The Balaban J connectivity index is 2.68. The minimum absolute atomic E-state index is 0.0731. The van der Waals surface area contributed by atoms with E-state index in [-0.39, 0.29) is 11.8 Å². The van der Waals surface area contributed by atoms with Gasteiger partial charge in [-0.15, -0.1) is 0 Å². The van der Waals surface area contributed by atoms with Crippen molar-refractivity contribution in [1.29, 1.82) is 10.5 Å². The van der Waals surface area contributed by atoms with Gasteiger partial charge >= 0.3 is 0 Å². The van der Waals surface area contributed by atoms with Crippen LogP contribution in [-0.2, 0) is 0 Å². The Labute approximate surface area is 98.1 Å². The van der Waals surface area contributed by atoms with Gasteiger partial charge in [-0.2, -0.15) is 10.5 Å². The molecular formula is C12H21N4+. The number of hydrogen-bond donors (Lipinski definition) is 1. The molecule has 88 valence electrons. The summed E-state index contributed by atoms with van der Waals surface area (Å²) in [5, 5.41) is 21.2. The highest BCUT2D eigenvalue weighted by Crippen LogP contribution is 2.16. The Morgan fingerprint density at radius 3 is 1.88 bits per heavy atom. The smallest absolute Gasteiger partial charge is 0.0945 e. The van der Waals surface area contributed by atoms with Crippen LogP contribution in [-0.4, -0.2) is 43.8 Å². The van der Waals surface area contributed by atoms with E-state index in [2.05, 4.69) is 17.5 Å². The summed E-state index contributed by atoms with van der Waals surface area (Å²) >= 11 is 0. The second kappa shape index (κ2) is 5.84. The maximum Gasteiger partial charge on any atom is 0.0945 e. The molecule has 4 heteroatoms. The molecule has 0 radical (unpaired) electrons. The molecule has 0 aromatic heterocycles. The van der Waals surface area contributed by atoms with E-state index in [1.54, 1.807) is 0 Å². The predicted molar refractivity (Wildman–Crippen MR) is 62.2 cm³/mol. The topological polar surface area (TPSA) is 59.6 Å². The van der Waals surface area contributed by atoms with Crippen LogP contribution in [0.5, 0.6) is 0 Å². The van der Waals surface area contributed by atoms with E-state index < -0.39 is 0 Å². The second-order valence-electron chi connectivity index (χ2n) is 4.96. The predicted octanol–water partition coefficient (Wildman–Crippen LogP) is 0.726. The van der Waals surface area contributed by atoms with Crippen molar-refractivity contribution >= 4 is 0 Å². The van der Waals surface area contributed by atoms with Crippen LogP contribution in [0.15, 0.2) is 0 Å². The average Bonchev–Trinajstić information content (AvgIpc) is 2.29. The zero-order valence-corrected chi connectivity index (χ0v) is 10.2. The van der Waals surface area contributed by atoms with Crippen LogP contribution in [0, 0.1) is 34.5 Å². The summed E-state index contributed by atoms with van der Waals surface area (Å²) in [4.78, 5) is 0. The molecule has 2 unspecified atom stereocenters. The molecule has 1 heterocycles. The van der Waals surface area contributed by atoms with Crippen LogP contribution in [0.1, 0.15) is 13.8 Å². The van der Waals surface area contributed by atoms with E-state index in [1.165, 1.54) is 0 Å². The molecule has 1 aliphatic heterocycles. The van der Waals surface area contributed by atoms with Crippen molar-refractivity contribution in [1.82, 2.24) is 5.32 Å². The number of nitrogens with zero attached hydrogens (tertiary/aromatic N) is 3. The monoisotopic (exact) mass is 221 g/mol. The van der Waals surface area contributed by atoms with Gasteiger partial charge in [-0.05, 0) is 13.8 Å². The number of hydrogen-bond acceptors (Lipinski definition) is 3. The first-order valence-corrected chi connectivity index (χ1v) is 5.97. The molecule has 1 rings (SSSR count). The summed E-state index contributed by atoms with van der Waals surface area (Å²) in [5.74, 6) is 0.146. The van der Waals surface area contributed by atoms with E-state index >= 15 is 0 Å². The van der Waals surface area contributed by atoms with Gasteiger partial charge in [0.05, 0.1) is 50.2 Å². The number of rotatable bonds is 4. The quantitative estimate of drug-likeness (QED) is 0.712. The molecule has 4 nitrogen and oxygen atoms in total. The maximum absolute atomic E-state index is 8.93. The minimum atomic E-state index is 0.0731. The lowest BCUT2D eigenvalue weighted by Crippen LogP contribution is -2.61. The largest absolute Gasteiger partial charge is 0.319 e. The normalized spacial score (nSPS) is 22.8. The van der Waals surface area contributed by atoms with Gasteiger partial charge in [0.2, 0.25) is 0 Å². The van der Waals surface area contributed by atoms with Gasteiger partial charge in [0.15, 0.2) is 0 Å². The molecule has 16 heavy (non-hydrogen) atoms. The summed E-state index contributed by atoms with van der Waals surface area (Å²) in [6.45, 7) is 9.77. The van der Waals surface area contributed by atoms with E-state index in [1.807, 2.05) is 13.8 Å². The summed E-state index contributed by atoms with van der Waals surface area (Å²) in [7, 11) is 0. The summed E-state index contributed by atoms with van der Waals surface area (Å²) in [6.07, 6.45) is 0. The Morgan fingerprint density at radius 1 is 1.06 bits per heavy atom. The van der Waals surface area contributed by atoms with Crippen LogP contribution in [0.2, 0.25) is 0 Å². The highest BCUT2D eigenvalue weighted by molar-refractivity contribution is 4.82. The van der Waals surface area contributed by atoms with Crippen molar-refractivity contribution in [3.8, 4) is 12.1 Å². The van der Waals surface area contributed by atoms with Gasteiger partial charge < -0.3 is 9.80 Å². The van der Waals surface area contributed by atoms with Crippen LogP contribution in [0.4, 0.5) is 0 Å². The molecule has 1 saturated heterocycles. The summed E-state index contributed by atoms with van der Waals surface area (Å²) in [6, 6.07) is 4.62. The van der Waals surface area contributed by atoms with Crippen molar-refractivity contribution < 1.29 is 4.48 Å². The Kier molecular flexibility index (Phi) is 4.73. The van der Waals surface area contributed by atoms with Gasteiger partial charge in [0.25, 0.3) is 0 Å². The molecule has 1 N–H and O–H groups in total. The molecule has 0 aromatic carbocycles. The van der Waals surface area contributed by atoms with Crippen molar-refractivity contribution in [2.75, 3.05) is 39.3 Å². The van der Waals surface area contributed by atoms with Crippen molar-refractivity contribution in [2.24, 2.45) is 11.8 Å². The first-order chi connectivity index (χ1) is 7.62. The van der Waals surface area contributed by atoms with Crippen LogP contribution >= 0.6 is 0 Å². The van der Waals surface area contributed by atoms with Crippen molar-refractivity contribution in [3.05, 3.63) is 0 Å². The fourth-order valence-corrected chi connectivity index (χ4v) is 2.55. The third-order valence-electron chi connectivity index (χ3n) is 3.29. The van der Waals surface area contributed by atoms with Crippen molar-refractivity contribution in [2.45, 2.75) is 13.8 Å². The standard InChI is InChI=1S/C12H21N4/c1-11(7-13)9-16(10-12(2)8-14)5-3-15-4-6-16/h11-12,15H,3-6,9-10H2,1-2H3/q+1. The zero-order chi connectivity index (χ0) is 12.0. The van der Waals surface area contributed by atoms with Crippen LogP contribution < -0.4 is 5.32 Å². The molecule has 0 saturated carbocycles. The average molecular weight is 221 g/mol. The molecule has 0 aromatic rings. The highest BCUT2D eigenvalue weighted by atomic mass is 15.4. The Hall–Kier alpha value is -1.10. The first-order valence-electron chi connectivity index (χ1n) is 5.97. The molecule has 0 spiro atoms. The molecule has 1 fully saturated rings. The number of nitriles is 2. The minimum Gasteiger partial charge on any atom is -0.319 e. The van der Waals surface area contributed by atoms with Crippen LogP contribution in [0.25, 0.3) is 0 Å². The number of quaternary nitrogens is 1. The summed E-state index contributed by atoms with van der Waals surface area (Å²) < 4.78 is 0.927. The fourth-order valence-electron chi connectivity index (χ4n) is 2.55. The van der Waals surface area contributed by atoms with Gasteiger partial charge in [-0.25, -0.2) is 0 Å². The first kappa shape index (κ1) is 13.0. The van der Waals surface area contributed by atoms with E-state index in [9.17, 15) is 0 Å². The number of piperazine rings is 1. The van der Waals surface area contributed by atoms with E-state index in [4.69, 9.17) is 10.5 Å². The van der Waals surface area contributed by atoms with Gasteiger partial charge in [0.1, 0.15) is 0 Å². The Morgan fingerprint density at radius 2 is 1.50 bits per heavy atom. The third kappa shape index (κ3) is 3.48. The molecule has 1 aliphatic rings. The molecule has 0 bridgehead atoms. The third-order valence-corrected chi connectivity index (χ3v) is 3.29. The molecule has 0 amide bonds. The lowest BCUT2D eigenvalue weighted by Gasteiger charge is -2.43. The van der Waals surface area contributed by atoms with E-state index in [0.717, 1.165) is 43.8 Å². The van der Waals surface area contributed by atoms with Gasteiger partial charge in [-0.3, -0.25) is 0 Å². The molecule has 2 atom stereocenters. The molecular weight excluding hydrogens is 200 g/mol. The number of nitrogens with one attached hydrogen (secondary N) is 1. The molecule has 0 aliphatic carbocycles. The Bertz CT molecular complexity index is 269. The highest BCUT2D eigenvalue weighted by Gasteiger charge is 2.33. The fraction of sp³-hybridized carbons (Fsp3) is 0.833. The maximum atomic E-state index is 8.93. The van der Waals surface area contributed by atoms with E-state index in [0.29, 0.717) is 0 Å². The van der Waals surface area contributed by atoms with Crippen LogP contribution in [0.3, 0.4) is 0 Å². The second-order valence-corrected chi connectivity index (χ2v) is 4.96. The zero-order valence-electron chi connectivity index (χ0n) is 10.2. The summed E-state index contributed by atoms with van der Waals surface area (Å²) in [5.41, 5.74) is 0. The lowest BCUT2D eigenvalue weighted by molar-refractivity contribution is -0.933. The lowest BCUT2D eigenvalue weighted by atomic mass is 10.1. The SMILES string of the molecule is CC(C#N)C[N+]1(CC(C)C#N)CCNCC1. The van der Waals surface area contributed by atoms with Crippen molar-refractivity contribution in [3.63, 3.8) is 0 Å².